The molecule has 0 saturated heterocycles. The topological polar surface area (TPSA) is 92.4 Å². The van der Waals surface area contributed by atoms with Gasteiger partial charge in [-0.25, -0.2) is 4.79 Å². The number of carbonyl (C=O) groups excluding carboxylic acids is 1. The van der Waals surface area contributed by atoms with Gasteiger partial charge < -0.3 is 16.2 Å². The van der Waals surface area contributed by atoms with Crippen LogP contribution in [-0.2, 0) is 16.0 Å². The predicted octanol–water partition coefficient (Wildman–Crippen LogP) is 1.32. The standard InChI is InChI=1S/C16H22N2O3/c17-11-16(7-4-8-16)10-14(19)18-13(15(20)21)9-12-5-2-1-3-6-12/h1-3,5-6,13H,4,7-11,17H2,(H,18,19)(H,20,21)/t13-/m0/s1. The van der Waals surface area contributed by atoms with Crippen LogP contribution >= 0.6 is 0 Å². The van der Waals surface area contributed by atoms with Crippen LogP contribution in [0.15, 0.2) is 30.3 Å². The van der Waals surface area contributed by atoms with Crippen molar-refractivity contribution in [3.63, 3.8) is 0 Å². The Morgan fingerprint density at radius 1 is 1.29 bits per heavy atom. The van der Waals surface area contributed by atoms with Crippen molar-refractivity contribution in [3.8, 4) is 0 Å². The van der Waals surface area contributed by atoms with E-state index in [1.165, 1.54) is 0 Å². The molecule has 1 atom stereocenters. The molecular weight excluding hydrogens is 268 g/mol. The van der Waals surface area contributed by atoms with E-state index in [-0.39, 0.29) is 17.7 Å². The van der Waals surface area contributed by atoms with E-state index in [2.05, 4.69) is 5.32 Å². The van der Waals surface area contributed by atoms with Gasteiger partial charge in [0.2, 0.25) is 5.91 Å². The van der Waals surface area contributed by atoms with Gasteiger partial charge in [0.25, 0.3) is 0 Å². The van der Waals surface area contributed by atoms with Gasteiger partial charge in [0.15, 0.2) is 0 Å². The van der Waals surface area contributed by atoms with Gasteiger partial charge in [-0.05, 0) is 30.4 Å². The Morgan fingerprint density at radius 2 is 1.95 bits per heavy atom. The van der Waals surface area contributed by atoms with Gasteiger partial charge >= 0.3 is 5.97 Å². The lowest BCUT2D eigenvalue weighted by Gasteiger charge is -2.40. The molecule has 5 nitrogen and oxygen atoms in total. The van der Waals surface area contributed by atoms with Crippen LogP contribution in [0.2, 0.25) is 0 Å². The zero-order valence-electron chi connectivity index (χ0n) is 12.0. The van der Waals surface area contributed by atoms with Crippen LogP contribution in [0.25, 0.3) is 0 Å². The van der Waals surface area contributed by atoms with Crippen molar-refractivity contribution in [2.75, 3.05) is 6.54 Å². The summed E-state index contributed by atoms with van der Waals surface area (Å²) in [5.74, 6) is -1.23. The number of hydrogen-bond acceptors (Lipinski definition) is 3. The lowest BCUT2D eigenvalue weighted by atomic mass is 9.66. The molecule has 114 valence electrons. The monoisotopic (exact) mass is 290 g/mol. The lowest BCUT2D eigenvalue weighted by Crippen LogP contribution is -2.47. The first-order chi connectivity index (χ1) is 10.0. The Labute approximate surface area is 124 Å². The van der Waals surface area contributed by atoms with Crippen molar-refractivity contribution >= 4 is 11.9 Å². The molecule has 1 aromatic carbocycles. The van der Waals surface area contributed by atoms with Gasteiger partial charge in [-0.15, -0.1) is 0 Å². The minimum atomic E-state index is -1.01. The van der Waals surface area contributed by atoms with Crippen molar-refractivity contribution in [1.29, 1.82) is 0 Å². The molecule has 0 bridgehead atoms. The maximum absolute atomic E-state index is 12.1. The molecule has 1 aliphatic rings. The van der Waals surface area contributed by atoms with Crippen molar-refractivity contribution in [1.82, 2.24) is 5.32 Å². The molecule has 0 aliphatic heterocycles. The van der Waals surface area contributed by atoms with Crippen molar-refractivity contribution in [2.24, 2.45) is 11.1 Å². The molecule has 1 aromatic rings. The Bertz CT molecular complexity index is 492. The Balaban J connectivity index is 1.93. The fourth-order valence-corrected chi connectivity index (χ4v) is 2.77. The van der Waals surface area contributed by atoms with E-state index < -0.39 is 12.0 Å². The van der Waals surface area contributed by atoms with E-state index >= 15 is 0 Å². The number of hydrogen-bond donors (Lipinski definition) is 3. The minimum absolute atomic E-state index is 0.111. The van der Waals surface area contributed by atoms with E-state index in [4.69, 9.17) is 5.73 Å². The highest BCUT2D eigenvalue weighted by Gasteiger charge is 2.38. The van der Waals surface area contributed by atoms with E-state index in [9.17, 15) is 14.7 Å². The van der Waals surface area contributed by atoms with Crippen molar-refractivity contribution in [2.45, 2.75) is 38.1 Å². The summed E-state index contributed by atoms with van der Waals surface area (Å²) in [4.78, 5) is 23.4. The number of rotatable bonds is 7. The Morgan fingerprint density at radius 3 is 2.43 bits per heavy atom. The first kappa shape index (κ1) is 15.5. The lowest BCUT2D eigenvalue weighted by molar-refractivity contribution is -0.142. The highest BCUT2D eigenvalue weighted by atomic mass is 16.4. The number of amides is 1. The number of carboxylic acids is 1. The molecule has 1 aliphatic carbocycles. The first-order valence-corrected chi connectivity index (χ1v) is 7.31. The number of carboxylic acid groups (broad SMARTS) is 1. The molecule has 1 saturated carbocycles. The van der Waals surface area contributed by atoms with Gasteiger partial charge in [0.05, 0.1) is 0 Å². The van der Waals surface area contributed by atoms with Gasteiger partial charge in [-0.3, -0.25) is 4.79 Å². The van der Waals surface area contributed by atoms with Crippen molar-refractivity contribution < 1.29 is 14.7 Å². The average Bonchev–Trinajstić information content (AvgIpc) is 2.43. The maximum atomic E-state index is 12.1. The molecule has 0 heterocycles. The van der Waals surface area contributed by atoms with Gasteiger partial charge in [-0.2, -0.15) is 0 Å². The van der Waals surface area contributed by atoms with Crippen LogP contribution in [-0.4, -0.2) is 29.6 Å². The van der Waals surface area contributed by atoms with Crippen LogP contribution < -0.4 is 11.1 Å². The van der Waals surface area contributed by atoms with E-state index in [0.717, 1.165) is 24.8 Å². The molecule has 0 unspecified atom stereocenters. The summed E-state index contributed by atoms with van der Waals surface area (Å²) in [6, 6.07) is 8.40. The van der Waals surface area contributed by atoms with Crippen LogP contribution in [0, 0.1) is 5.41 Å². The Kier molecular flexibility index (Phi) is 4.96. The summed E-state index contributed by atoms with van der Waals surface area (Å²) < 4.78 is 0. The third kappa shape index (κ3) is 4.04. The van der Waals surface area contributed by atoms with E-state index in [1.807, 2.05) is 30.3 Å². The third-order valence-electron chi connectivity index (χ3n) is 4.30. The second-order valence-electron chi connectivity index (χ2n) is 5.88. The molecule has 21 heavy (non-hydrogen) atoms. The smallest absolute Gasteiger partial charge is 0.326 e. The van der Waals surface area contributed by atoms with Gasteiger partial charge in [-0.1, -0.05) is 36.8 Å². The van der Waals surface area contributed by atoms with Crippen LogP contribution in [0.5, 0.6) is 0 Å². The number of nitrogens with two attached hydrogens (primary N) is 1. The third-order valence-corrected chi connectivity index (χ3v) is 4.30. The Hall–Kier alpha value is -1.88. The highest BCUT2D eigenvalue weighted by molar-refractivity contribution is 5.84. The van der Waals surface area contributed by atoms with Crippen LogP contribution in [0.4, 0.5) is 0 Å². The second-order valence-corrected chi connectivity index (χ2v) is 5.88. The fraction of sp³-hybridized carbons (Fsp3) is 0.500. The summed E-state index contributed by atoms with van der Waals surface area (Å²) in [6.07, 6.45) is 3.61. The molecule has 4 N–H and O–H groups in total. The molecular formula is C16H22N2O3. The molecule has 5 heteroatoms. The number of carbonyl (C=O) groups is 2. The minimum Gasteiger partial charge on any atom is -0.480 e. The summed E-state index contributed by atoms with van der Waals surface area (Å²) >= 11 is 0. The molecule has 1 amide bonds. The summed E-state index contributed by atoms with van der Waals surface area (Å²) in [5, 5.41) is 11.9. The SMILES string of the molecule is NCC1(CC(=O)N[C@@H](Cc2ccccc2)C(=O)O)CCC1. The van der Waals surface area contributed by atoms with Gasteiger partial charge in [0, 0.05) is 12.8 Å². The largest absolute Gasteiger partial charge is 0.480 e. The first-order valence-electron chi connectivity index (χ1n) is 7.31. The van der Waals surface area contributed by atoms with Crippen LogP contribution in [0.1, 0.15) is 31.2 Å². The molecule has 0 radical (unpaired) electrons. The van der Waals surface area contributed by atoms with Crippen LogP contribution in [0.3, 0.4) is 0 Å². The van der Waals surface area contributed by atoms with Crippen molar-refractivity contribution in [3.05, 3.63) is 35.9 Å². The highest BCUT2D eigenvalue weighted by Crippen LogP contribution is 2.42. The average molecular weight is 290 g/mol. The second kappa shape index (κ2) is 6.72. The number of aliphatic carboxylic acids is 1. The summed E-state index contributed by atoms with van der Waals surface area (Å²) in [6.45, 7) is 0.483. The van der Waals surface area contributed by atoms with Gasteiger partial charge in [0.1, 0.15) is 6.04 Å². The molecule has 0 spiro atoms. The van der Waals surface area contributed by atoms with E-state index in [0.29, 0.717) is 13.0 Å². The predicted molar refractivity (Wildman–Crippen MR) is 79.7 cm³/mol. The molecule has 0 aromatic heterocycles. The fourth-order valence-electron chi connectivity index (χ4n) is 2.77. The number of benzene rings is 1. The normalized spacial score (nSPS) is 17.6. The summed E-state index contributed by atoms with van der Waals surface area (Å²) in [7, 11) is 0. The maximum Gasteiger partial charge on any atom is 0.326 e. The zero-order chi connectivity index (χ0) is 15.3. The summed E-state index contributed by atoms with van der Waals surface area (Å²) in [5.41, 5.74) is 6.51. The zero-order valence-corrected chi connectivity index (χ0v) is 12.0. The molecule has 2 rings (SSSR count). The molecule has 1 fully saturated rings. The number of nitrogens with one attached hydrogen (secondary N) is 1. The quantitative estimate of drug-likeness (QED) is 0.706. The van der Waals surface area contributed by atoms with E-state index in [1.54, 1.807) is 0 Å².